The Morgan fingerprint density at radius 3 is 2.97 bits per heavy atom. The number of amides is 2. The summed E-state index contributed by atoms with van der Waals surface area (Å²) in [5.41, 5.74) is 0.902. The van der Waals surface area contributed by atoms with Gasteiger partial charge in [-0.3, -0.25) is 9.89 Å². The molecule has 2 aromatic rings. The lowest BCUT2D eigenvalue weighted by Crippen LogP contribution is -2.33. The molecule has 0 saturated heterocycles. The Bertz CT molecular complexity index is 844. The van der Waals surface area contributed by atoms with Gasteiger partial charge in [0.15, 0.2) is 11.7 Å². The summed E-state index contributed by atoms with van der Waals surface area (Å²) in [7, 11) is 0. The van der Waals surface area contributed by atoms with Crippen molar-refractivity contribution < 1.29 is 23.8 Å². The van der Waals surface area contributed by atoms with Gasteiger partial charge in [-0.1, -0.05) is 6.92 Å². The van der Waals surface area contributed by atoms with E-state index >= 15 is 0 Å². The Balaban J connectivity index is 1.43. The third kappa shape index (κ3) is 6.06. The fraction of sp³-hybridized carbons (Fsp3) is 0.600. The average molecular weight is 419 g/mol. The number of nitrogens with one attached hydrogen (secondary N) is 3. The van der Waals surface area contributed by atoms with Crippen molar-refractivity contribution in [3.8, 4) is 0 Å². The molecular weight excluding hydrogens is 390 g/mol. The topological polar surface area (TPSA) is 142 Å². The van der Waals surface area contributed by atoms with Crippen LogP contribution in [0.1, 0.15) is 55.9 Å². The van der Waals surface area contributed by atoms with Crippen LogP contribution in [0.25, 0.3) is 0 Å². The summed E-state index contributed by atoms with van der Waals surface area (Å²) in [6, 6.07) is 1.81. The molecule has 3 atom stereocenters. The van der Waals surface area contributed by atoms with Gasteiger partial charge in [0, 0.05) is 37.8 Å². The van der Waals surface area contributed by atoms with Crippen molar-refractivity contribution >= 4 is 17.8 Å². The van der Waals surface area contributed by atoms with E-state index in [9.17, 15) is 14.7 Å². The van der Waals surface area contributed by atoms with E-state index in [4.69, 9.17) is 9.15 Å². The van der Waals surface area contributed by atoms with Crippen molar-refractivity contribution in [2.45, 2.75) is 58.0 Å². The molecule has 10 nitrogen and oxygen atoms in total. The molecule has 30 heavy (non-hydrogen) atoms. The van der Waals surface area contributed by atoms with E-state index < -0.39 is 6.09 Å². The maximum Gasteiger partial charge on any atom is 0.407 e. The van der Waals surface area contributed by atoms with Gasteiger partial charge in [0.25, 0.3) is 0 Å². The number of hydrogen-bond donors (Lipinski definition) is 4. The zero-order valence-electron chi connectivity index (χ0n) is 17.3. The van der Waals surface area contributed by atoms with Gasteiger partial charge in [-0.15, -0.1) is 0 Å². The van der Waals surface area contributed by atoms with Crippen molar-refractivity contribution in [2.24, 2.45) is 5.92 Å². The number of ether oxygens (including phenoxy) is 1. The zero-order valence-corrected chi connectivity index (χ0v) is 17.3. The van der Waals surface area contributed by atoms with Gasteiger partial charge in [-0.25, -0.2) is 9.78 Å². The van der Waals surface area contributed by atoms with Crippen LogP contribution in [0.2, 0.25) is 0 Å². The number of nitrogens with zero attached hydrogens (tertiary/aromatic N) is 2. The van der Waals surface area contributed by atoms with Crippen molar-refractivity contribution in [3.05, 3.63) is 29.6 Å². The first-order valence-electron chi connectivity index (χ1n) is 10.3. The number of hydrogen-bond acceptors (Lipinski definition) is 7. The van der Waals surface area contributed by atoms with Gasteiger partial charge in [0.05, 0.1) is 12.6 Å². The first-order valence-corrected chi connectivity index (χ1v) is 10.3. The van der Waals surface area contributed by atoms with Gasteiger partial charge < -0.3 is 24.9 Å². The molecule has 2 heterocycles. The minimum absolute atomic E-state index is 0.0407. The van der Waals surface area contributed by atoms with E-state index in [2.05, 4.69) is 25.8 Å². The van der Waals surface area contributed by atoms with E-state index in [1.165, 1.54) is 6.20 Å². The number of rotatable bonds is 9. The number of aromatic amines is 1. The highest BCUT2D eigenvalue weighted by Crippen LogP contribution is 2.35. The molecule has 0 spiro atoms. The number of carbonyl (C=O) groups is 2. The SMILES string of the molecule is CCC(CO)CNC(=O)O[C@@H]1CC[C@H](c2cc(NC(=O)Cc3cnc(C)o3)n[nH]2)C1. The van der Waals surface area contributed by atoms with Crippen LogP contribution in [-0.2, 0) is 16.0 Å². The van der Waals surface area contributed by atoms with Crippen molar-refractivity contribution in [1.82, 2.24) is 20.5 Å². The molecule has 0 bridgehead atoms. The Hall–Kier alpha value is -2.88. The molecule has 1 aliphatic carbocycles. The van der Waals surface area contributed by atoms with E-state index in [1.54, 1.807) is 6.92 Å². The van der Waals surface area contributed by atoms with Gasteiger partial charge in [-0.05, 0) is 31.6 Å². The molecule has 4 N–H and O–H groups in total. The number of aromatic nitrogens is 3. The molecule has 3 rings (SSSR count). The Morgan fingerprint density at radius 1 is 1.43 bits per heavy atom. The minimum atomic E-state index is -0.451. The van der Waals surface area contributed by atoms with Crippen LogP contribution in [-0.4, -0.2) is 51.5 Å². The predicted molar refractivity (Wildman–Crippen MR) is 108 cm³/mol. The van der Waals surface area contributed by atoms with Crippen LogP contribution in [0.4, 0.5) is 10.6 Å². The lowest BCUT2D eigenvalue weighted by atomic mass is 10.0. The number of aryl methyl sites for hydroxylation is 1. The molecule has 1 fully saturated rings. The summed E-state index contributed by atoms with van der Waals surface area (Å²) >= 11 is 0. The largest absolute Gasteiger partial charge is 0.446 e. The number of carbonyl (C=O) groups excluding carboxylic acids is 2. The molecular formula is C20H29N5O5. The molecule has 164 valence electrons. The summed E-state index contributed by atoms with van der Waals surface area (Å²) < 4.78 is 10.8. The second-order valence-corrected chi connectivity index (χ2v) is 7.65. The average Bonchev–Trinajstić information content (AvgIpc) is 3.44. The summed E-state index contributed by atoms with van der Waals surface area (Å²) in [6.07, 6.45) is 4.11. The highest BCUT2D eigenvalue weighted by molar-refractivity contribution is 5.91. The highest BCUT2D eigenvalue weighted by Gasteiger charge is 2.30. The number of aliphatic hydroxyl groups excluding tert-OH is 1. The Labute approximate surface area is 174 Å². The predicted octanol–water partition coefficient (Wildman–Crippen LogP) is 2.27. The molecule has 1 saturated carbocycles. The first-order chi connectivity index (χ1) is 14.5. The molecule has 2 aromatic heterocycles. The van der Waals surface area contributed by atoms with Crippen LogP contribution in [0.5, 0.6) is 0 Å². The van der Waals surface area contributed by atoms with Crippen LogP contribution >= 0.6 is 0 Å². The van der Waals surface area contributed by atoms with Crippen LogP contribution in [0.15, 0.2) is 16.7 Å². The second-order valence-electron chi connectivity index (χ2n) is 7.65. The molecule has 0 aliphatic heterocycles. The van der Waals surface area contributed by atoms with Crippen molar-refractivity contribution in [3.63, 3.8) is 0 Å². The fourth-order valence-electron chi connectivity index (χ4n) is 3.53. The Kier molecular flexibility index (Phi) is 7.45. The highest BCUT2D eigenvalue weighted by atomic mass is 16.6. The summed E-state index contributed by atoms with van der Waals surface area (Å²) in [6.45, 7) is 4.13. The van der Waals surface area contributed by atoms with Gasteiger partial charge in [-0.2, -0.15) is 5.10 Å². The van der Waals surface area contributed by atoms with E-state index in [0.717, 1.165) is 25.0 Å². The smallest absolute Gasteiger partial charge is 0.407 e. The molecule has 1 aliphatic rings. The molecule has 0 aromatic carbocycles. The quantitative estimate of drug-likeness (QED) is 0.488. The molecule has 0 radical (unpaired) electrons. The maximum absolute atomic E-state index is 12.1. The van der Waals surface area contributed by atoms with Crippen LogP contribution in [0, 0.1) is 12.8 Å². The van der Waals surface area contributed by atoms with Crippen LogP contribution in [0.3, 0.4) is 0 Å². The van der Waals surface area contributed by atoms with Crippen LogP contribution < -0.4 is 10.6 Å². The number of aliphatic hydroxyl groups is 1. The maximum atomic E-state index is 12.1. The van der Waals surface area contributed by atoms with Gasteiger partial charge in [0.1, 0.15) is 11.9 Å². The normalized spacial score (nSPS) is 19.4. The fourth-order valence-corrected chi connectivity index (χ4v) is 3.53. The number of H-pyrrole nitrogens is 1. The summed E-state index contributed by atoms with van der Waals surface area (Å²) in [5.74, 6) is 1.45. The first kappa shape index (κ1) is 21.8. The number of alkyl carbamates (subject to hydrolysis) is 1. The molecule has 10 heteroatoms. The number of anilines is 1. The van der Waals surface area contributed by atoms with E-state index in [0.29, 0.717) is 30.4 Å². The van der Waals surface area contributed by atoms with Crippen molar-refractivity contribution in [1.29, 1.82) is 0 Å². The molecule has 2 amide bonds. The number of oxazole rings is 1. The lowest BCUT2D eigenvalue weighted by molar-refractivity contribution is -0.115. The third-order valence-corrected chi connectivity index (χ3v) is 5.34. The minimum Gasteiger partial charge on any atom is -0.446 e. The molecule has 1 unspecified atom stereocenters. The monoisotopic (exact) mass is 419 g/mol. The summed E-state index contributed by atoms with van der Waals surface area (Å²) in [5, 5.41) is 21.8. The Morgan fingerprint density at radius 2 is 2.27 bits per heavy atom. The lowest BCUT2D eigenvalue weighted by Gasteiger charge is -2.16. The van der Waals surface area contributed by atoms with Gasteiger partial charge >= 0.3 is 6.09 Å². The second kappa shape index (κ2) is 10.2. The van der Waals surface area contributed by atoms with E-state index in [1.807, 2.05) is 13.0 Å². The summed E-state index contributed by atoms with van der Waals surface area (Å²) in [4.78, 5) is 28.0. The third-order valence-electron chi connectivity index (χ3n) is 5.34. The van der Waals surface area contributed by atoms with Gasteiger partial charge in [0.2, 0.25) is 5.91 Å². The van der Waals surface area contributed by atoms with E-state index in [-0.39, 0.29) is 36.9 Å². The van der Waals surface area contributed by atoms with Crippen molar-refractivity contribution in [2.75, 3.05) is 18.5 Å². The zero-order chi connectivity index (χ0) is 21.5. The standard InChI is InChI=1S/C20H29N5O5/c1-3-13(11-26)9-22-20(28)30-15-5-4-14(6-15)17-8-18(25-24-17)23-19(27)7-16-10-21-12(2)29-16/h8,10,13-15,26H,3-7,9,11H2,1-2H3,(H,22,28)(H2,23,24,25,27)/t13?,14-,15+/m0/s1.